The van der Waals surface area contributed by atoms with Crippen molar-refractivity contribution in [2.45, 2.75) is 13.8 Å². The van der Waals surface area contributed by atoms with Gasteiger partial charge in [0, 0.05) is 19.8 Å². The zero-order valence-corrected chi connectivity index (χ0v) is 9.36. The van der Waals surface area contributed by atoms with Gasteiger partial charge in [-0.05, 0) is 6.92 Å². The largest absolute Gasteiger partial charge is 0.466 e. The van der Waals surface area contributed by atoms with Crippen molar-refractivity contribution in [1.82, 2.24) is 9.78 Å². The number of hydrogen-bond donors (Lipinski definition) is 1. The molecule has 5 nitrogen and oxygen atoms in total. The number of aromatic nitrogens is 2. The minimum atomic E-state index is -0.172. The van der Waals surface area contributed by atoms with Crippen molar-refractivity contribution in [3.63, 3.8) is 0 Å². The molecule has 0 saturated carbocycles. The maximum atomic E-state index is 11.3. The molecule has 1 aromatic heterocycles. The van der Waals surface area contributed by atoms with Gasteiger partial charge in [-0.15, -0.1) is 0 Å². The lowest BCUT2D eigenvalue weighted by atomic mass is 10.2. The van der Waals surface area contributed by atoms with Gasteiger partial charge in [0.25, 0.3) is 0 Å². The zero-order chi connectivity index (χ0) is 11.3. The normalized spacial score (nSPS) is 12.2. The fourth-order valence-corrected chi connectivity index (χ4v) is 1.15. The number of carbonyl (C=O) groups excluding carboxylic acids is 1. The Morgan fingerprint density at radius 3 is 3.00 bits per heavy atom. The third-order valence-corrected chi connectivity index (χ3v) is 2.01. The first kappa shape index (κ1) is 11.6. The predicted octanol–water partition coefficient (Wildman–Crippen LogP) is 1.03. The van der Waals surface area contributed by atoms with E-state index in [0.717, 1.165) is 5.69 Å². The number of hydrogen-bond acceptors (Lipinski definition) is 4. The molecule has 1 unspecified atom stereocenters. The third-order valence-electron chi connectivity index (χ3n) is 2.01. The Balaban J connectivity index is 2.33. The second-order valence-corrected chi connectivity index (χ2v) is 3.44. The molecule has 84 valence electrons. The average Bonchev–Trinajstić information content (AvgIpc) is 2.61. The number of ether oxygens (including phenoxy) is 1. The molecule has 0 aliphatic rings. The first-order valence-electron chi connectivity index (χ1n) is 5.02. The molecular weight excluding hydrogens is 194 g/mol. The third kappa shape index (κ3) is 3.61. The number of aryl methyl sites for hydroxylation is 1. The van der Waals surface area contributed by atoms with Gasteiger partial charge >= 0.3 is 5.97 Å². The highest BCUT2D eigenvalue weighted by Crippen LogP contribution is 2.06. The number of carbonyl (C=O) groups is 1. The Morgan fingerprint density at radius 1 is 1.73 bits per heavy atom. The molecule has 0 aliphatic carbocycles. The lowest BCUT2D eigenvalue weighted by Crippen LogP contribution is -2.22. The molecule has 0 radical (unpaired) electrons. The van der Waals surface area contributed by atoms with Gasteiger partial charge in [-0.2, -0.15) is 5.10 Å². The SMILES string of the molecule is CCOC(=O)C(C)CNc1cnn(C)c1. The molecule has 0 fully saturated rings. The van der Waals surface area contributed by atoms with Crippen molar-refractivity contribution in [3.05, 3.63) is 12.4 Å². The van der Waals surface area contributed by atoms with E-state index in [1.165, 1.54) is 0 Å². The summed E-state index contributed by atoms with van der Waals surface area (Å²) >= 11 is 0. The Morgan fingerprint density at radius 2 is 2.47 bits per heavy atom. The summed E-state index contributed by atoms with van der Waals surface area (Å²) in [5, 5.41) is 7.13. The van der Waals surface area contributed by atoms with Gasteiger partial charge in [0.05, 0.1) is 24.4 Å². The van der Waals surface area contributed by atoms with Crippen LogP contribution in [0.25, 0.3) is 0 Å². The quantitative estimate of drug-likeness (QED) is 0.739. The number of anilines is 1. The lowest BCUT2D eigenvalue weighted by molar-refractivity contribution is -0.146. The molecule has 5 heteroatoms. The highest BCUT2D eigenvalue weighted by molar-refractivity contribution is 5.72. The maximum Gasteiger partial charge on any atom is 0.310 e. The lowest BCUT2D eigenvalue weighted by Gasteiger charge is -2.10. The highest BCUT2D eigenvalue weighted by Gasteiger charge is 2.13. The molecule has 0 aromatic carbocycles. The van der Waals surface area contributed by atoms with Crippen molar-refractivity contribution in [1.29, 1.82) is 0 Å². The van der Waals surface area contributed by atoms with Crippen molar-refractivity contribution in [2.75, 3.05) is 18.5 Å². The van der Waals surface area contributed by atoms with E-state index in [0.29, 0.717) is 13.2 Å². The predicted molar refractivity (Wildman–Crippen MR) is 57.5 cm³/mol. The topological polar surface area (TPSA) is 56.1 Å². The minimum absolute atomic E-state index is 0.148. The summed E-state index contributed by atoms with van der Waals surface area (Å²) in [5.74, 6) is -0.320. The van der Waals surface area contributed by atoms with Crippen LogP contribution in [0.3, 0.4) is 0 Å². The fourth-order valence-electron chi connectivity index (χ4n) is 1.15. The molecule has 1 rings (SSSR count). The van der Waals surface area contributed by atoms with Gasteiger partial charge in [0.1, 0.15) is 0 Å². The van der Waals surface area contributed by atoms with Crippen LogP contribution >= 0.6 is 0 Å². The summed E-state index contributed by atoms with van der Waals surface area (Å²) in [6.45, 7) is 4.63. The van der Waals surface area contributed by atoms with Crippen LogP contribution in [0.2, 0.25) is 0 Å². The highest BCUT2D eigenvalue weighted by atomic mass is 16.5. The molecular formula is C10H17N3O2. The van der Waals surface area contributed by atoms with Gasteiger partial charge in [-0.3, -0.25) is 9.48 Å². The van der Waals surface area contributed by atoms with Crippen LogP contribution in [-0.4, -0.2) is 28.9 Å². The van der Waals surface area contributed by atoms with Gasteiger partial charge < -0.3 is 10.1 Å². The van der Waals surface area contributed by atoms with Gasteiger partial charge in [0.2, 0.25) is 0 Å². The Kier molecular flexibility index (Phi) is 4.15. The number of nitrogens with one attached hydrogen (secondary N) is 1. The van der Waals surface area contributed by atoms with Crippen molar-refractivity contribution < 1.29 is 9.53 Å². The first-order valence-corrected chi connectivity index (χ1v) is 5.02. The minimum Gasteiger partial charge on any atom is -0.466 e. The molecule has 1 atom stereocenters. The monoisotopic (exact) mass is 211 g/mol. The number of rotatable bonds is 5. The van der Waals surface area contributed by atoms with Crippen molar-refractivity contribution in [3.8, 4) is 0 Å². The van der Waals surface area contributed by atoms with Crippen LogP contribution in [0, 0.1) is 5.92 Å². The Labute approximate surface area is 89.4 Å². The Hall–Kier alpha value is -1.52. The van der Waals surface area contributed by atoms with E-state index in [9.17, 15) is 4.79 Å². The van der Waals surface area contributed by atoms with Gasteiger partial charge in [0.15, 0.2) is 0 Å². The van der Waals surface area contributed by atoms with Crippen molar-refractivity contribution in [2.24, 2.45) is 13.0 Å². The standard InChI is InChI=1S/C10H17N3O2/c1-4-15-10(14)8(2)5-11-9-6-12-13(3)7-9/h6-8,11H,4-5H2,1-3H3. The van der Waals surface area contributed by atoms with Crippen LogP contribution in [0.5, 0.6) is 0 Å². The summed E-state index contributed by atoms with van der Waals surface area (Å²) in [4.78, 5) is 11.3. The second kappa shape index (κ2) is 5.38. The molecule has 0 spiro atoms. The first-order chi connectivity index (χ1) is 7.13. The van der Waals surface area contributed by atoms with Crippen LogP contribution < -0.4 is 5.32 Å². The number of nitrogens with zero attached hydrogens (tertiary/aromatic N) is 2. The molecule has 0 bridgehead atoms. The smallest absolute Gasteiger partial charge is 0.310 e. The van der Waals surface area contributed by atoms with E-state index in [4.69, 9.17) is 4.74 Å². The van der Waals surface area contributed by atoms with Crippen LogP contribution in [-0.2, 0) is 16.6 Å². The Bertz CT molecular complexity index is 322. The maximum absolute atomic E-state index is 11.3. The molecule has 1 aromatic rings. The van der Waals surface area contributed by atoms with E-state index in [2.05, 4.69) is 10.4 Å². The summed E-state index contributed by atoms with van der Waals surface area (Å²) in [5.41, 5.74) is 0.911. The van der Waals surface area contributed by atoms with E-state index >= 15 is 0 Å². The van der Waals surface area contributed by atoms with E-state index in [1.807, 2.05) is 20.2 Å². The summed E-state index contributed by atoms with van der Waals surface area (Å²) in [6, 6.07) is 0. The fraction of sp³-hybridized carbons (Fsp3) is 0.600. The van der Waals surface area contributed by atoms with Crippen molar-refractivity contribution >= 4 is 11.7 Å². The van der Waals surface area contributed by atoms with Gasteiger partial charge in [-0.1, -0.05) is 6.92 Å². The van der Waals surface area contributed by atoms with E-state index in [-0.39, 0.29) is 11.9 Å². The molecule has 0 aliphatic heterocycles. The van der Waals surface area contributed by atoms with Gasteiger partial charge in [-0.25, -0.2) is 0 Å². The zero-order valence-electron chi connectivity index (χ0n) is 9.36. The molecule has 15 heavy (non-hydrogen) atoms. The van der Waals surface area contributed by atoms with E-state index < -0.39 is 0 Å². The number of esters is 1. The van der Waals surface area contributed by atoms with Crippen LogP contribution in [0.4, 0.5) is 5.69 Å². The summed E-state index contributed by atoms with van der Waals surface area (Å²) in [6.07, 6.45) is 3.58. The summed E-state index contributed by atoms with van der Waals surface area (Å²) < 4.78 is 6.60. The van der Waals surface area contributed by atoms with E-state index in [1.54, 1.807) is 17.8 Å². The molecule has 0 saturated heterocycles. The van der Waals surface area contributed by atoms with Crippen LogP contribution in [0.1, 0.15) is 13.8 Å². The summed E-state index contributed by atoms with van der Waals surface area (Å²) in [7, 11) is 1.85. The molecule has 1 heterocycles. The molecule has 0 amide bonds. The molecule has 1 N–H and O–H groups in total. The average molecular weight is 211 g/mol. The van der Waals surface area contributed by atoms with Crippen LogP contribution in [0.15, 0.2) is 12.4 Å². The second-order valence-electron chi connectivity index (χ2n) is 3.44.